The molecule has 9 heteroatoms. The Morgan fingerprint density at radius 1 is 1.24 bits per heavy atom. The summed E-state index contributed by atoms with van der Waals surface area (Å²) in [6.07, 6.45) is -4.21. The van der Waals surface area contributed by atoms with Gasteiger partial charge in [-0.05, 0) is 18.1 Å². The van der Waals surface area contributed by atoms with E-state index in [0.717, 1.165) is 0 Å². The minimum absolute atomic E-state index is 0.345. The zero-order chi connectivity index (χ0) is 18.3. The molecule has 2 aromatic rings. The number of aromatic nitrogens is 2. The first-order valence-electron chi connectivity index (χ1n) is 8.06. The largest absolute Gasteiger partial charge is 0.394 e. The summed E-state index contributed by atoms with van der Waals surface area (Å²) in [6, 6.07) is 3.28. The third-order valence-corrected chi connectivity index (χ3v) is 4.89. The van der Waals surface area contributed by atoms with Gasteiger partial charge in [0.1, 0.15) is 18.3 Å². The average Bonchev–Trinajstić information content (AvgIpc) is 3.04. The predicted octanol–water partition coefficient (Wildman–Crippen LogP) is 2.02. The van der Waals surface area contributed by atoms with Gasteiger partial charge < -0.3 is 25.4 Å². The molecule has 1 aliphatic rings. The minimum Gasteiger partial charge on any atom is -0.394 e. The number of ether oxygens (including phenoxy) is 1. The summed E-state index contributed by atoms with van der Waals surface area (Å²) in [7, 11) is 0. The molecule has 0 unspecified atom stereocenters. The van der Waals surface area contributed by atoms with Crippen LogP contribution in [0.25, 0.3) is 11.0 Å². The Morgan fingerprint density at radius 2 is 1.92 bits per heavy atom. The molecule has 1 fully saturated rings. The second-order valence-corrected chi connectivity index (χ2v) is 7.38. The van der Waals surface area contributed by atoms with Crippen molar-refractivity contribution in [1.29, 1.82) is 0 Å². The topological polar surface area (TPSA) is 99.8 Å². The molecule has 0 saturated carbocycles. The molecule has 0 aliphatic carbocycles. The molecule has 4 atom stereocenters. The van der Waals surface area contributed by atoms with Gasteiger partial charge in [-0.15, -0.1) is 0 Å². The maximum Gasteiger partial charge on any atom is 0.206 e. The second-order valence-electron chi connectivity index (χ2n) is 6.56. The van der Waals surface area contributed by atoms with Gasteiger partial charge in [-0.3, -0.25) is 4.57 Å². The van der Waals surface area contributed by atoms with Crippen LogP contribution in [-0.4, -0.2) is 56.3 Å². The van der Waals surface area contributed by atoms with Crippen LogP contribution in [0, 0.1) is 5.92 Å². The van der Waals surface area contributed by atoms with Gasteiger partial charge in [-0.1, -0.05) is 37.0 Å². The van der Waals surface area contributed by atoms with Crippen molar-refractivity contribution in [2.45, 2.75) is 38.4 Å². The Labute approximate surface area is 155 Å². The van der Waals surface area contributed by atoms with Crippen LogP contribution in [0.2, 0.25) is 10.0 Å². The zero-order valence-corrected chi connectivity index (χ0v) is 15.4. The number of aliphatic hydroxyl groups is 3. The van der Waals surface area contributed by atoms with Crippen LogP contribution in [0.4, 0.5) is 5.95 Å². The SMILES string of the molecule is CC(C)CNc1nc2cc(Cl)c(Cl)cc2n1[C@@H]1O[C@H](CO)[C@@H](O)[C@H]1O. The highest BCUT2D eigenvalue weighted by Crippen LogP contribution is 2.37. The lowest BCUT2D eigenvalue weighted by atomic mass is 10.1. The van der Waals surface area contributed by atoms with Crippen LogP contribution in [-0.2, 0) is 4.74 Å². The number of hydrogen-bond donors (Lipinski definition) is 4. The Hall–Kier alpha value is -1.09. The maximum absolute atomic E-state index is 10.4. The van der Waals surface area contributed by atoms with Gasteiger partial charge in [0.25, 0.3) is 0 Å². The third-order valence-electron chi connectivity index (χ3n) is 4.17. The number of nitrogens with one attached hydrogen (secondary N) is 1. The second kappa shape index (κ2) is 7.26. The van der Waals surface area contributed by atoms with E-state index >= 15 is 0 Å². The normalized spacial score (nSPS) is 26.7. The molecule has 25 heavy (non-hydrogen) atoms. The number of rotatable bonds is 5. The van der Waals surface area contributed by atoms with Crippen LogP contribution in [0.3, 0.4) is 0 Å². The predicted molar refractivity (Wildman–Crippen MR) is 96.1 cm³/mol. The van der Waals surface area contributed by atoms with E-state index < -0.39 is 31.1 Å². The standard InChI is InChI=1S/C16H21Cl2N3O4/c1-7(2)5-19-16-20-10-3-8(17)9(18)4-11(10)21(16)15-14(24)13(23)12(6-22)25-15/h3-4,7,12-15,22-24H,5-6H2,1-2H3,(H,19,20)/t12-,13-,14-,15-/m1/s1. The van der Waals surface area contributed by atoms with Gasteiger partial charge in [-0.2, -0.15) is 0 Å². The lowest BCUT2D eigenvalue weighted by molar-refractivity contribution is -0.0499. The molecule has 1 aromatic carbocycles. The van der Waals surface area contributed by atoms with Gasteiger partial charge in [-0.25, -0.2) is 4.98 Å². The number of imidazole rings is 1. The van der Waals surface area contributed by atoms with E-state index in [1.54, 1.807) is 16.7 Å². The molecule has 2 heterocycles. The smallest absolute Gasteiger partial charge is 0.206 e. The molecule has 7 nitrogen and oxygen atoms in total. The van der Waals surface area contributed by atoms with Crippen LogP contribution in [0.5, 0.6) is 0 Å². The highest BCUT2D eigenvalue weighted by atomic mass is 35.5. The van der Waals surface area contributed by atoms with Crippen molar-refractivity contribution in [3.8, 4) is 0 Å². The van der Waals surface area contributed by atoms with Gasteiger partial charge in [0.05, 0.1) is 27.7 Å². The number of hydrogen-bond acceptors (Lipinski definition) is 6. The van der Waals surface area contributed by atoms with Crippen molar-refractivity contribution in [3.63, 3.8) is 0 Å². The van der Waals surface area contributed by atoms with Crippen molar-refractivity contribution >= 4 is 40.2 Å². The van der Waals surface area contributed by atoms with E-state index in [1.807, 2.05) is 0 Å². The highest BCUT2D eigenvalue weighted by molar-refractivity contribution is 6.42. The van der Waals surface area contributed by atoms with Crippen molar-refractivity contribution in [1.82, 2.24) is 9.55 Å². The Bertz CT molecular complexity index is 767. The van der Waals surface area contributed by atoms with Crippen LogP contribution in [0.15, 0.2) is 12.1 Å². The molecule has 138 valence electrons. The van der Waals surface area contributed by atoms with Crippen LogP contribution in [0.1, 0.15) is 20.1 Å². The summed E-state index contributed by atoms with van der Waals surface area (Å²) >= 11 is 12.2. The monoisotopic (exact) mass is 389 g/mol. The first-order valence-corrected chi connectivity index (χ1v) is 8.82. The molecule has 1 saturated heterocycles. The lowest BCUT2D eigenvalue weighted by Crippen LogP contribution is -2.33. The van der Waals surface area contributed by atoms with Crippen molar-refractivity contribution in [3.05, 3.63) is 22.2 Å². The molecule has 0 spiro atoms. The van der Waals surface area contributed by atoms with Crippen molar-refractivity contribution in [2.24, 2.45) is 5.92 Å². The van der Waals surface area contributed by atoms with E-state index in [9.17, 15) is 15.3 Å². The first kappa shape index (κ1) is 18.7. The quantitative estimate of drug-likeness (QED) is 0.624. The average molecular weight is 390 g/mol. The minimum atomic E-state index is -1.22. The Balaban J connectivity index is 2.10. The molecule has 3 rings (SSSR count). The number of benzene rings is 1. The summed E-state index contributed by atoms with van der Waals surface area (Å²) < 4.78 is 7.30. The maximum atomic E-state index is 10.4. The molecule has 0 amide bonds. The number of fused-ring (bicyclic) bond motifs is 1. The fourth-order valence-electron chi connectivity index (χ4n) is 2.86. The molecule has 1 aliphatic heterocycles. The molecule has 4 N–H and O–H groups in total. The van der Waals surface area contributed by atoms with E-state index in [2.05, 4.69) is 24.1 Å². The first-order chi connectivity index (χ1) is 11.8. The van der Waals surface area contributed by atoms with Gasteiger partial charge in [0, 0.05) is 6.54 Å². The summed E-state index contributed by atoms with van der Waals surface area (Å²) in [5, 5.41) is 33.7. The molecular formula is C16H21Cl2N3O4. The number of halogens is 2. The molecular weight excluding hydrogens is 369 g/mol. The van der Waals surface area contributed by atoms with Crippen molar-refractivity contribution in [2.75, 3.05) is 18.5 Å². The fourth-order valence-corrected chi connectivity index (χ4v) is 3.18. The van der Waals surface area contributed by atoms with Crippen LogP contribution < -0.4 is 5.32 Å². The number of anilines is 1. The van der Waals surface area contributed by atoms with Crippen LogP contribution >= 0.6 is 23.2 Å². The van der Waals surface area contributed by atoms with E-state index in [4.69, 9.17) is 27.9 Å². The molecule has 1 aromatic heterocycles. The summed E-state index contributed by atoms with van der Waals surface area (Å²) in [6.45, 7) is 4.36. The Morgan fingerprint density at radius 3 is 2.52 bits per heavy atom. The van der Waals surface area contributed by atoms with Crippen molar-refractivity contribution < 1.29 is 20.1 Å². The number of nitrogens with zero attached hydrogens (tertiary/aromatic N) is 2. The number of aliphatic hydroxyl groups excluding tert-OH is 3. The third kappa shape index (κ3) is 3.45. The summed E-state index contributed by atoms with van der Waals surface area (Å²) in [4.78, 5) is 4.52. The summed E-state index contributed by atoms with van der Waals surface area (Å²) in [5.41, 5.74) is 1.19. The Kier molecular flexibility index (Phi) is 5.43. The van der Waals surface area contributed by atoms with E-state index in [-0.39, 0.29) is 0 Å². The zero-order valence-electron chi connectivity index (χ0n) is 13.9. The fraction of sp³-hybridized carbons (Fsp3) is 0.562. The van der Waals surface area contributed by atoms with Gasteiger partial charge >= 0.3 is 0 Å². The molecule has 0 bridgehead atoms. The highest BCUT2D eigenvalue weighted by Gasteiger charge is 2.44. The van der Waals surface area contributed by atoms with Gasteiger partial charge in [0.15, 0.2) is 6.23 Å². The summed E-state index contributed by atoms with van der Waals surface area (Å²) in [5.74, 6) is 0.836. The van der Waals surface area contributed by atoms with E-state index in [1.165, 1.54) is 0 Å². The lowest BCUT2D eigenvalue weighted by Gasteiger charge is -2.21. The van der Waals surface area contributed by atoms with E-state index in [0.29, 0.717) is 39.5 Å². The molecule has 0 radical (unpaired) electrons. The van der Waals surface area contributed by atoms with Gasteiger partial charge in [0.2, 0.25) is 5.95 Å².